The largest absolute Gasteiger partial charge is 0.394 e. The van der Waals surface area contributed by atoms with E-state index in [2.05, 4.69) is 40.3 Å². The number of aromatic nitrogens is 4. The number of aryl methyl sites for hydroxylation is 2. The van der Waals surface area contributed by atoms with Crippen LogP contribution in [0.2, 0.25) is 0 Å². The van der Waals surface area contributed by atoms with Crippen LogP contribution in [0.3, 0.4) is 0 Å². The number of hydrogen-bond donors (Lipinski definition) is 1. The van der Waals surface area contributed by atoms with Gasteiger partial charge in [-0.25, -0.2) is 4.68 Å². The van der Waals surface area contributed by atoms with E-state index in [1.165, 1.54) is 22.5 Å². The number of nitrogens with zero attached hydrogens (tertiary/aromatic N) is 6. The second-order valence-corrected chi connectivity index (χ2v) is 9.91. The summed E-state index contributed by atoms with van der Waals surface area (Å²) in [6, 6.07) is 12.3. The van der Waals surface area contributed by atoms with E-state index >= 15 is 0 Å². The summed E-state index contributed by atoms with van der Waals surface area (Å²) in [6.07, 6.45) is 6.08. The summed E-state index contributed by atoms with van der Waals surface area (Å²) >= 11 is 0. The third kappa shape index (κ3) is 7.02. The summed E-state index contributed by atoms with van der Waals surface area (Å²) in [6.45, 7) is 11.2. The highest BCUT2D eigenvalue weighted by Crippen LogP contribution is 2.22. The standard InChI is InChI=1S/C29H40N6O2/c1-5-24-17-25-18-34(15-13-28(25)30-27(24)6-2)14-12-21(3)32-37-22(4)29-19-35(33-31-29)26(20-36)16-23-10-8-7-9-11-23/h7-11,17,19,22,26,36H,5-6,12-16,18,20H2,1-4H3. The number of aliphatic hydroxyl groups excluding tert-OH is 1. The fraction of sp³-hybridized carbons (Fsp3) is 0.517. The second-order valence-electron chi connectivity index (χ2n) is 9.91. The molecule has 0 spiro atoms. The van der Waals surface area contributed by atoms with Crippen molar-refractivity contribution in [3.05, 3.63) is 76.4 Å². The molecule has 0 saturated heterocycles. The van der Waals surface area contributed by atoms with Gasteiger partial charge in [-0.3, -0.25) is 9.88 Å². The quantitative estimate of drug-likeness (QED) is 0.289. The molecule has 3 heterocycles. The molecule has 0 fully saturated rings. The molecule has 1 aliphatic rings. The van der Waals surface area contributed by atoms with Crippen LogP contribution in [0.1, 0.15) is 80.0 Å². The van der Waals surface area contributed by atoms with Crippen LogP contribution in [-0.2, 0) is 37.1 Å². The van der Waals surface area contributed by atoms with E-state index in [-0.39, 0.29) is 18.8 Å². The van der Waals surface area contributed by atoms with E-state index in [0.29, 0.717) is 12.1 Å². The zero-order valence-electron chi connectivity index (χ0n) is 22.6. The molecule has 0 aliphatic carbocycles. The van der Waals surface area contributed by atoms with Gasteiger partial charge in [0.2, 0.25) is 0 Å². The molecular weight excluding hydrogens is 464 g/mol. The maximum atomic E-state index is 9.89. The first kappa shape index (κ1) is 26.9. The number of pyridine rings is 1. The predicted molar refractivity (Wildman–Crippen MR) is 145 cm³/mol. The van der Waals surface area contributed by atoms with Crippen molar-refractivity contribution in [1.29, 1.82) is 0 Å². The summed E-state index contributed by atoms with van der Waals surface area (Å²) in [5, 5.41) is 22.8. The molecule has 1 aromatic carbocycles. The minimum Gasteiger partial charge on any atom is -0.394 e. The van der Waals surface area contributed by atoms with Gasteiger partial charge < -0.3 is 9.94 Å². The predicted octanol–water partition coefficient (Wildman–Crippen LogP) is 4.48. The van der Waals surface area contributed by atoms with Crippen LogP contribution in [-0.4, -0.2) is 55.4 Å². The lowest BCUT2D eigenvalue weighted by atomic mass is 9.99. The van der Waals surface area contributed by atoms with Crippen LogP contribution < -0.4 is 0 Å². The number of benzene rings is 1. The molecule has 0 radical (unpaired) electrons. The molecule has 4 rings (SSSR count). The van der Waals surface area contributed by atoms with E-state index < -0.39 is 0 Å². The van der Waals surface area contributed by atoms with Gasteiger partial charge in [-0.1, -0.05) is 60.6 Å². The fourth-order valence-corrected chi connectivity index (χ4v) is 4.80. The summed E-state index contributed by atoms with van der Waals surface area (Å²) in [4.78, 5) is 13.2. The Morgan fingerprint density at radius 3 is 2.73 bits per heavy atom. The Hall–Kier alpha value is -3.10. The molecule has 1 N–H and O–H groups in total. The van der Waals surface area contributed by atoms with Crippen LogP contribution in [0, 0.1) is 0 Å². The van der Waals surface area contributed by atoms with E-state index in [1.54, 1.807) is 4.68 Å². The lowest BCUT2D eigenvalue weighted by molar-refractivity contribution is 0.0683. The van der Waals surface area contributed by atoms with Gasteiger partial charge in [-0.05, 0) is 49.8 Å². The molecule has 198 valence electrons. The van der Waals surface area contributed by atoms with Crippen molar-refractivity contribution >= 4 is 5.71 Å². The van der Waals surface area contributed by atoms with E-state index in [4.69, 9.17) is 9.82 Å². The Balaban J connectivity index is 1.28. The van der Waals surface area contributed by atoms with Crippen molar-refractivity contribution < 1.29 is 9.94 Å². The third-order valence-electron chi connectivity index (χ3n) is 7.13. The van der Waals surface area contributed by atoms with Gasteiger partial charge in [0.25, 0.3) is 0 Å². The molecule has 37 heavy (non-hydrogen) atoms. The smallest absolute Gasteiger partial charge is 0.169 e. The van der Waals surface area contributed by atoms with Crippen molar-refractivity contribution in [3.63, 3.8) is 0 Å². The average molecular weight is 505 g/mol. The zero-order chi connectivity index (χ0) is 26.2. The molecular formula is C29H40N6O2. The molecule has 8 nitrogen and oxygen atoms in total. The minimum absolute atomic E-state index is 0.0131. The summed E-state index contributed by atoms with van der Waals surface area (Å²) in [7, 11) is 0. The lowest BCUT2D eigenvalue weighted by Crippen LogP contribution is -2.33. The van der Waals surface area contributed by atoms with Crippen LogP contribution >= 0.6 is 0 Å². The molecule has 1 aliphatic heterocycles. The molecule has 2 unspecified atom stereocenters. The minimum atomic E-state index is -0.326. The van der Waals surface area contributed by atoms with Crippen molar-refractivity contribution in [2.24, 2.45) is 5.16 Å². The molecule has 8 heteroatoms. The van der Waals surface area contributed by atoms with Crippen molar-refractivity contribution in [2.45, 2.75) is 78.5 Å². The maximum Gasteiger partial charge on any atom is 0.169 e. The van der Waals surface area contributed by atoms with Gasteiger partial charge in [-0.2, -0.15) is 0 Å². The lowest BCUT2D eigenvalue weighted by Gasteiger charge is -2.29. The highest BCUT2D eigenvalue weighted by atomic mass is 16.6. The summed E-state index contributed by atoms with van der Waals surface area (Å²) < 4.78 is 1.72. The molecule has 2 atom stereocenters. The Kier molecular flexibility index (Phi) is 9.41. The Morgan fingerprint density at radius 1 is 1.19 bits per heavy atom. The molecule has 0 amide bonds. The van der Waals surface area contributed by atoms with Crippen LogP contribution in [0.15, 0.2) is 47.8 Å². The van der Waals surface area contributed by atoms with Crippen LogP contribution in [0.25, 0.3) is 0 Å². The summed E-state index contributed by atoms with van der Waals surface area (Å²) in [5.41, 5.74) is 8.08. The normalized spacial score (nSPS) is 15.9. The summed E-state index contributed by atoms with van der Waals surface area (Å²) in [5.74, 6) is 0. The number of oxime groups is 1. The van der Waals surface area contributed by atoms with E-state index in [9.17, 15) is 5.11 Å². The average Bonchev–Trinajstić information content (AvgIpc) is 3.43. The van der Waals surface area contributed by atoms with E-state index in [1.807, 2.05) is 50.4 Å². The topological polar surface area (TPSA) is 88.7 Å². The highest BCUT2D eigenvalue weighted by Gasteiger charge is 2.20. The van der Waals surface area contributed by atoms with Gasteiger partial charge in [0.15, 0.2) is 6.10 Å². The Bertz CT molecular complexity index is 1180. The van der Waals surface area contributed by atoms with Gasteiger partial charge >= 0.3 is 0 Å². The third-order valence-corrected chi connectivity index (χ3v) is 7.13. The maximum absolute atomic E-state index is 9.89. The Morgan fingerprint density at radius 2 is 2.00 bits per heavy atom. The first-order valence-electron chi connectivity index (χ1n) is 13.5. The first-order valence-corrected chi connectivity index (χ1v) is 13.5. The van der Waals surface area contributed by atoms with Crippen LogP contribution in [0.5, 0.6) is 0 Å². The molecule has 3 aromatic rings. The van der Waals surface area contributed by atoms with Gasteiger partial charge in [0.05, 0.1) is 24.6 Å². The zero-order valence-corrected chi connectivity index (χ0v) is 22.6. The number of hydrogen-bond acceptors (Lipinski definition) is 7. The molecule has 0 bridgehead atoms. The van der Waals surface area contributed by atoms with Crippen LogP contribution in [0.4, 0.5) is 0 Å². The number of fused-ring (bicyclic) bond motifs is 1. The SMILES string of the molecule is CCc1cc2c(nc1CC)CCN(CCC(C)=NOC(C)c1cn(C(CO)Cc3ccccc3)nn1)C2. The Labute approximate surface area is 220 Å². The monoisotopic (exact) mass is 504 g/mol. The second kappa shape index (κ2) is 12.9. The van der Waals surface area contributed by atoms with E-state index in [0.717, 1.165) is 56.6 Å². The number of rotatable bonds is 12. The van der Waals surface area contributed by atoms with Crippen molar-refractivity contribution in [1.82, 2.24) is 24.9 Å². The van der Waals surface area contributed by atoms with Gasteiger partial charge in [-0.15, -0.1) is 5.10 Å². The molecule has 0 saturated carbocycles. The van der Waals surface area contributed by atoms with Gasteiger partial charge in [0.1, 0.15) is 5.69 Å². The fourth-order valence-electron chi connectivity index (χ4n) is 4.80. The first-order chi connectivity index (χ1) is 18.0. The highest BCUT2D eigenvalue weighted by molar-refractivity contribution is 5.81. The van der Waals surface area contributed by atoms with Crippen molar-refractivity contribution in [2.75, 3.05) is 19.7 Å². The van der Waals surface area contributed by atoms with Gasteiger partial charge in [0, 0.05) is 43.9 Å². The molecule has 2 aromatic heterocycles. The van der Waals surface area contributed by atoms with Crippen molar-refractivity contribution in [3.8, 4) is 0 Å². The number of aliphatic hydroxyl groups is 1.